The molecule has 9 aromatic rings. The van der Waals surface area contributed by atoms with E-state index in [0.717, 1.165) is 78.1 Å². The van der Waals surface area contributed by atoms with Crippen LogP contribution < -0.4 is 0 Å². The molecule has 4 aromatic heterocycles. The summed E-state index contributed by atoms with van der Waals surface area (Å²) >= 11 is 0. The number of benzene rings is 5. The molecular formula is C50H40N4O. The standard InChI is InChI=1S/C50H40N4O/c1-32-24-25-46-48(52-32)42-22-13-21-40(49(42)54(46)37-16-6-5-7-17-37)39-19-9-8-18-38(39)35-29-44(53-45(30-35)41-20-10-11-23-47(41)55)34-15-12-14-33(28-34)43-31-36(26-27-51-43)50(2,3)4/h5-31,55H,1-4H3. The van der Waals surface area contributed by atoms with Crippen molar-refractivity contribution in [3.8, 4) is 67.5 Å². The van der Waals surface area contributed by atoms with Crippen molar-refractivity contribution in [3.05, 3.63) is 175 Å². The molecule has 0 aliphatic rings. The summed E-state index contributed by atoms with van der Waals surface area (Å²) in [7, 11) is 0. The van der Waals surface area contributed by atoms with E-state index in [0.29, 0.717) is 11.3 Å². The summed E-state index contributed by atoms with van der Waals surface area (Å²) < 4.78 is 2.34. The van der Waals surface area contributed by atoms with Crippen molar-refractivity contribution in [2.75, 3.05) is 0 Å². The maximum absolute atomic E-state index is 11.1. The van der Waals surface area contributed by atoms with Gasteiger partial charge >= 0.3 is 0 Å². The normalized spacial score (nSPS) is 11.7. The topological polar surface area (TPSA) is 63.8 Å². The zero-order valence-electron chi connectivity index (χ0n) is 31.3. The summed E-state index contributed by atoms with van der Waals surface area (Å²) in [6.07, 6.45) is 1.89. The first-order chi connectivity index (χ1) is 26.7. The van der Waals surface area contributed by atoms with Crippen LogP contribution in [0.3, 0.4) is 0 Å². The number of aromatic nitrogens is 4. The highest BCUT2D eigenvalue weighted by Crippen LogP contribution is 2.43. The highest BCUT2D eigenvalue weighted by molar-refractivity contribution is 6.13. The number of hydrogen-bond acceptors (Lipinski definition) is 4. The Morgan fingerprint density at radius 1 is 0.527 bits per heavy atom. The van der Waals surface area contributed by atoms with Crippen LogP contribution >= 0.6 is 0 Å². The number of fused-ring (bicyclic) bond motifs is 3. The van der Waals surface area contributed by atoms with Crippen molar-refractivity contribution >= 4 is 21.9 Å². The fourth-order valence-corrected chi connectivity index (χ4v) is 7.61. The Morgan fingerprint density at radius 3 is 1.98 bits per heavy atom. The maximum atomic E-state index is 11.1. The van der Waals surface area contributed by atoms with E-state index in [1.165, 1.54) is 5.56 Å². The highest BCUT2D eigenvalue weighted by Gasteiger charge is 2.21. The lowest BCUT2D eigenvalue weighted by Gasteiger charge is -2.19. The van der Waals surface area contributed by atoms with Gasteiger partial charge in [0.2, 0.25) is 0 Å². The number of nitrogens with zero attached hydrogens (tertiary/aromatic N) is 4. The van der Waals surface area contributed by atoms with Gasteiger partial charge in [0, 0.05) is 45.2 Å². The molecule has 5 nitrogen and oxygen atoms in total. The molecule has 0 atom stereocenters. The molecule has 55 heavy (non-hydrogen) atoms. The Hall–Kier alpha value is -6.85. The van der Waals surface area contributed by atoms with Crippen molar-refractivity contribution in [1.82, 2.24) is 19.5 Å². The van der Waals surface area contributed by atoms with Gasteiger partial charge in [-0.1, -0.05) is 112 Å². The number of para-hydroxylation sites is 3. The van der Waals surface area contributed by atoms with Gasteiger partial charge in [0.05, 0.1) is 33.6 Å². The van der Waals surface area contributed by atoms with Crippen molar-refractivity contribution in [1.29, 1.82) is 0 Å². The Morgan fingerprint density at radius 2 is 1.20 bits per heavy atom. The number of hydrogen-bond donors (Lipinski definition) is 1. The first kappa shape index (κ1) is 34.0. The van der Waals surface area contributed by atoms with Gasteiger partial charge < -0.3 is 9.67 Å². The van der Waals surface area contributed by atoms with E-state index in [-0.39, 0.29) is 11.2 Å². The second kappa shape index (κ2) is 13.5. The number of rotatable bonds is 6. The minimum Gasteiger partial charge on any atom is -0.507 e. The highest BCUT2D eigenvalue weighted by atomic mass is 16.3. The van der Waals surface area contributed by atoms with Crippen LogP contribution in [-0.2, 0) is 5.41 Å². The van der Waals surface area contributed by atoms with Crippen LogP contribution in [0.25, 0.3) is 83.6 Å². The van der Waals surface area contributed by atoms with Gasteiger partial charge in [-0.15, -0.1) is 0 Å². The van der Waals surface area contributed by atoms with Crippen LogP contribution in [0.1, 0.15) is 32.0 Å². The van der Waals surface area contributed by atoms with Crippen LogP contribution in [0.15, 0.2) is 164 Å². The Kier molecular flexibility index (Phi) is 8.35. The molecule has 0 fully saturated rings. The molecule has 0 radical (unpaired) electrons. The average molecular weight is 713 g/mol. The second-order valence-electron chi connectivity index (χ2n) is 15.1. The number of aromatic hydroxyl groups is 1. The van der Waals surface area contributed by atoms with Gasteiger partial charge in [-0.2, -0.15) is 0 Å². The minimum absolute atomic E-state index is 0.000405. The number of phenolic OH excluding ortho intramolecular Hbond substituents is 1. The van der Waals surface area contributed by atoms with Crippen molar-refractivity contribution in [3.63, 3.8) is 0 Å². The third-order valence-electron chi connectivity index (χ3n) is 10.4. The molecule has 0 amide bonds. The molecule has 266 valence electrons. The van der Waals surface area contributed by atoms with Gasteiger partial charge in [0.15, 0.2) is 0 Å². The van der Waals surface area contributed by atoms with E-state index in [2.05, 4.69) is 153 Å². The van der Waals surface area contributed by atoms with E-state index in [1.807, 2.05) is 37.4 Å². The fourth-order valence-electron chi connectivity index (χ4n) is 7.61. The van der Waals surface area contributed by atoms with Crippen molar-refractivity contribution in [2.24, 2.45) is 0 Å². The lowest BCUT2D eigenvalue weighted by Crippen LogP contribution is -2.11. The smallest absolute Gasteiger partial charge is 0.124 e. The molecule has 5 heteroatoms. The zero-order chi connectivity index (χ0) is 37.7. The molecule has 0 saturated carbocycles. The van der Waals surface area contributed by atoms with Gasteiger partial charge in [0.25, 0.3) is 0 Å². The van der Waals surface area contributed by atoms with Gasteiger partial charge in [0.1, 0.15) is 5.75 Å². The lowest BCUT2D eigenvalue weighted by atomic mass is 9.87. The maximum Gasteiger partial charge on any atom is 0.124 e. The number of aryl methyl sites for hydroxylation is 1. The van der Waals surface area contributed by atoms with Crippen LogP contribution in [0.2, 0.25) is 0 Å². The molecule has 0 bridgehead atoms. The number of pyridine rings is 3. The van der Waals surface area contributed by atoms with E-state index in [9.17, 15) is 5.11 Å². The van der Waals surface area contributed by atoms with E-state index in [4.69, 9.17) is 15.0 Å². The molecule has 0 unspecified atom stereocenters. The predicted molar refractivity (Wildman–Crippen MR) is 226 cm³/mol. The third kappa shape index (κ3) is 6.24. The average Bonchev–Trinajstić information content (AvgIpc) is 3.54. The first-order valence-electron chi connectivity index (χ1n) is 18.7. The van der Waals surface area contributed by atoms with E-state index >= 15 is 0 Å². The quantitative estimate of drug-likeness (QED) is 0.186. The van der Waals surface area contributed by atoms with Crippen molar-refractivity contribution in [2.45, 2.75) is 33.1 Å². The predicted octanol–water partition coefficient (Wildman–Crippen LogP) is 12.6. The molecule has 1 N–H and O–H groups in total. The first-order valence-corrected chi connectivity index (χ1v) is 18.7. The van der Waals surface area contributed by atoms with Gasteiger partial charge in [-0.05, 0) is 101 Å². The second-order valence-corrected chi connectivity index (χ2v) is 15.1. The molecule has 0 aliphatic heterocycles. The van der Waals surface area contributed by atoms with Gasteiger partial charge in [-0.3, -0.25) is 9.97 Å². The molecule has 0 saturated heterocycles. The molecular weight excluding hydrogens is 673 g/mol. The summed E-state index contributed by atoms with van der Waals surface area (Å²) in [5, 5.41) is 12.2. The van der Waals surface area contributed by atoms with Crippen molar-refractivity contribution < 1.29 is 5.11 Å². The van der Waals surface area contributed by atoms with Crippen LogP contribution in [0, 0.1) is 6.92 Å². The summed E-state index contributed by atoms with van der Waals surface area (Å²) in [5.74, 6) is 0.184. The molecule has 5 aromatic carbocycles. The van der Waals surface area contributed by atoms with Crippen LogP contribution in [0.5, 0.6) is 5.75 Å². The van der Waals surface area contributed by atoms with Gasteiger partial charge in [-0.25, -0.2) is 4.98 Å². The zero-order valence-corrected chi connectivity index (χ0v) is 31.3. The number of phenols is 1. The monoisotopic (exact) mass is 712 g/mol. The molecule has 0 spiro atoms. The van der Waals surface area contributed by atoms with Crippen LogP contribution in [0.4, 0.5) is 0 Å². The lowest BCUT2D eigenvalue weighted by molar-refractivity contribution is 0.477. The SMILES string of the molecule is Cc1ccc2c(n1)c1cccc(-c3ccccc3-c3cc(-c4cccc(-c5cc(C(C)(C)C)ccn5)c4)nc(-c4ccccc4O)c3)c1n2-c1ccccc1. The summed E-state index contributed by atoms with van der Waals surface area (Å²) in [4.78, 5) is 15.0. The minimum atomic E-state index is 0.000405. The summed E-state index contributed by atoms with van der Waals surface area (Å²) in [6, 6.07) is 54.2. The fraction of sp³-hybridized carbons (Fsp3) is 0.100. The molecule has 9 rings (SSSR count). The van der Waals surface area contributed by atoms with Crippen LogP contribution in [-0.4, -0.2) is 24.6 Å². The largest absolute Gasteiger partial charge is 0.507 e. The molecule has 0 aliphatic carbocycles. The Balaban J connectivity index is 1.27. The molecule has 4 heterocycles. The Labute approximate surface area is 321 Å². The third-order valence-corrected chi connectivity index (χ3v) is 10.4. The summed E-state index contributed by atoms with van der Waals surface area (Å²) in [6.45, 7) is 8.70. The van der Waals surface area contributed by atoms with E-state index in [1.54, 1.807) is 6.07 Å². The van der Waals surface area contributed by atoms with E-state index < -0.39 is 0 Å². The Bertz CT molecular complexity index is 2880. The summed E-state index contributed by atoms with van der Waals surface area (Å²) in [5.41, 5.74) is 15.7.